The van der Waals surface area contributed by atoms with Gasteiger partial charge in [-0.25, -0.2) is 9.59 Å². The minimum atomic E-state index is -1.31. The molecule has 0 aromatic heterocycles. The Bertz CT molecular complexity index is 2080. The van der Waals surface area contributed by atoms with E-state index < -0.39 is 48.0 Å². The monoisotopic (exact) mass is 705 g/mol. The molecule has 1 heterocycles. The lowest BCUT2D eigenvalue weighted by Gasteiger charge is -2.28. The second-order valence-corrected chi connectivity index (χ2v) is 13.1. The number of rotatable bonds is 8. The van der Waals surface area contributed by atoms with Gasteiger partial charge in [-0.1, -0.05) is 30.3 Å². The smallest absolute Gasteiger partial charge is 0.410 e. The molecule has 4 amide bonds. The molecule has 5 rings (SSSR count). The summed E-state index contributed by atoms with van der Waals surface area (Å²) in [6, 6.07) is 22.6. The zero-order chi connectivity index (χ0) is 37.7. The molecule has 4 aromatic rings. The Kier molecular flexibility index (Phi) is 10.8. The Morgan fingerprint density at radius 1 is 0.942 bits per heavy atom. The van der Waals surface area contributed by atoms with Gasteiger partial charge in [0.05, 0.1) is 55.9 Å². The van der Waals surface area contributed by atoms with Crippen LogP contribution >= 0.6 is 0 Å². The molecule has 0 aliphatic carbocycles. The van der Waals surface area contributed by atoms with Crippen molar-refractivity contribution in [2.24, 2.45) is 0 Å². The highest BCUT2D eigenvalue weighted by Gasteiger charge is 2.38. The molecule has 52 heavy (non-hydrogen) atoms. The quantitative estimate of drug-likeness (QED) is 0.248. The molecule has 13 heteroatoms. The molecule has 13 nitrogen and oxygen atoms in total. The minimum absolute atomic E-state index is 0.0255. The molecule has 1 aliphatic heterocycles. The van der Waals surface area contributed by atoms with Gasteiger partial charge in [-0.05, 0) is 80.1 Å². The van der Waals surface area contributed by atoms with E-state index in [-0.39, 0.29) is 35.5 Å². The van der Waals surface area contributed by atoms with Crippen LogP contribution in [0.4, 0.5) is 16.2 Å². The normalized spacial score (nSPS) is 14.1. The molecule has 0 saturated carbocycles. The van der Waals surface area contributed by atoms with Crippen molar-refractivity contribution < 1.29 is 38.2 Å². The van der Waals surface area contributed by atoms with Crippen molar-refractivity contribution in [3.05, 3.63) is 101 Å². The number of carbonyl (C=O) groups excluding carboxylic acids is 5. The van der Waals surface area contributed by atoms with E-state index in [1.54, 1.807) is 39.0 Å². The highest BCUT2D eigenvalue weighted by molar-refractivity contribution is 6.13. The average Bonchev–Trinajstić information content (AvgIpc) is 3.23. The first-order valence-corrected chi connectivity index (χ1v) is 16.4. The van der Waals surface area contributed by atoms with Gasteiger partial charge in [-0.15, -0.1) is 0 Å². The second kappa shape index (κ2) is 15.2. The van der Waals surface area contributed by atoms with Crippen LogP contribution in [0.25, 0.3) is 10.8 Å². The summed E-state index contributed by atoms with van der Waals surface area (Å²) < 4.78 is 15.9. The van der Waals surface area contributed by atoms with E-state index in [4.69, 9.17) is 14.2 Å². The lowest BCUT2D eigenvalue weighted by atomic mass is 10.0. The van der Waals surface area contributed by atoms with Gasteiger partial charge in [0.2, 0.25) is 5.91 Å². The van der Waals surface area contributed by atoms with Gasteiger partial charge >= 0.3 is 12.1 Å². The van der Waals surface area contributed by atoms with Crippen LogP contribution in [-0.2, 0) is 25.6 Å². The van der Waals surface area contributed by atoms with Gasteiger partial charge in [-0.2, -0.15) is 5.26 Å². The number of likely N-dealkylation sites (N-methyl/N-ethyl adjacent to an activating group) is 1. The highest BCUT2D eigenvalue weighted by Crippen LogP contribution is 2.38. The number of esters is 1. The first-order chi connectivity index (χ1) is 24.7. The van der Waals surface area contributed by atoms with Crippen molar-refractivity contribution in [3.63, 3.8) is 0 Å². The largest absolute Gasteiger partial charge is 0.496 e. The summed E-state index contributed by atoms with van der Waals surface area (Å²) in [6.45, 7) is 4.31. The molecule has 268 valence electrons. The third-order valence-electron chi connectivity index (χ3n) is 8.37. The van der Waals surface area contributed by atoms with Gasteiger partial charge in [0.25, 0.3) is 11.8 Å². The van der Waals surface area contributed by atoms with Gasteiger partial charge in [0.15, 0.2) is 0 Å². The van der Waals surface area contributed by atoms with Crippen molar-refractivity contribution in [1.82, 2.24) is 10.2 Å². The van der Waals surface area contributed by atoms with Crippen LogP contribution in [0.2, 0.25) is 0 Å². The third-order valence-corrected chi connectivity index (χ3v) is 8.37. The van der Waals surface area contributed by atoms with Crippen molar-refractivity contribution >= 4 is 51.9 Å². The number of nitrogens with zero attached hydrogens (tertiary/aromatic N) is 4. The van der Waals surface area contributed by atoms with Crippen molar-refractivity contribution in [2.75, 3.05) is 44.2 Å². The Labute approximate surface area is 301 Å². The summed E-state index contributed by atoms with van der Waals surface area (Å²) in [5.41, 5.74) is 1.06. The van der Waals surface area contributed by atoms with Gasteiger partial charge < -0.3 is 34.2 Å². The number of anilines is 2. The van der Waals surface area contributed by atoms with E-state index in [1.165, 1.54) is 61.4 Å². The van der Waals surface area contributed by atoms with Gasteiger partial charge in [-0.3, -0.25) is 14.4 Å². The fourth-order valence-corrected chi connectivity index (χ4v) is 5.88. The number of methoxy groups -OCH3 is 2. The number of hydrogen-bond acceptors (Lipinski definition) is 9. The maximum absolute atomic E-state index is 14.7. The summed E-state index contributed by atoms with van der Waals surface area (Å²) in [4.78, 5) is 71.1. The lowest BCUT2D eigenvalue weighted by molar-refractivity contribution is -0.127. The molecular weight excluding hydrogens is 666 g/mol. The van der Waals surface area contributed by atoms with Crippen molar-refractivity contribution in [2.45, 2.75) is 39.0 Å². The number of hydrogen-bond donors (Lipinski definition) is 1. The molecular formula is C39H39N5O8. The molecule has 4 aromatic carbocycles. The summed E-state index contributed by atoms with van der Waals surface area (Å²) in [5, 5.41) is 14.3. The molecule has 1 atom stereocenters. The summed E-state index contributed by atoms with van der Waals surface area (Å²) in [7, 11) is 4.18. The molecule has 0 bridgehead atoms. The molecule has 1 unspecified atom stereocenters. The summed E-state index contributed by atoms with van der Waals surface area (Å²) in [6.07, 6.45) is -0.733. The van der Waals surface area contributed by atoms with E-state index in [1.807, 2.05) is 30.3 Å². The van der Waals surface area contributed by atoms with Gasteiger partial charge in [0.1, 0.15) is 23.9 Å². The second-order valence-electron chi connectivity index (χ2n) is 13.1. The van der Waals surface area contributed by atoms with E-state index in [9.17, 15) is 29.2 Å². The first-order valence-electron chi connectivity index (χ1n) is 16.4. The van der Waals surface area contributed by atoms with Gasteiger partial charge in [0, 0.05) is 18.2 Å². The van der Waals surface area contributed by atoms with Crippen molar-refractivity contribution in [1.29, 1.82) is 5.26 Å². The number of benzene rings is 4. The van der Waals surface area contributed by atoms with Crippen LogP contribution in [0.1, 0.15) is 52.6 Å². The summed E-state index contributed by atoms with van der Waals surface area (Å²) in [5.74, 6) is -1.85. The number of ether oxygens (including phenoxy) is 3. The van der Waals surface area contributed by atoms with Crippen LogP contribution in [0.5, 0.6) is 5.75 Å². The van der Waals surface area contributed by atoms with E-state index >= 15 is 0 Å². The zero-order valence-corrected chi connectivity index (χ0v) is 29.8. The fourth-order valence-electron chi connectivity index (χ4n) is 5.88. The SMILES string of the molecule is COC(=O)c1ccc(C(=O)N2CC(NC(=O)CN(C)C(=O)OC(C)(C)C)C(=O)N(Cc3c(OC)ccc4ccccc34)c3ccc(C#N)cc32)cc1. The standard InChI is InChI=1S/C39H39N5O8/c1-39(2,3)52-38(49)42(4)23-34(45)41-30-22-44(35(46)26-12-14-27(15-13-26)37(48)51-6)32-19-24(20-40)11-17-31(32)43(36(30)47)21-29-28-10-8-7-9-25(28)16-18-33(29)50-5/h7-19,30H,21-23H2,1-6H3,(H,41,45). The van der Waals surface area contributed by atoms with E-state index in [0.29, 0.717) is 17.0 Å². The Morgan fingerprint density at radius 3 is 2.29 bits per heavy atom. The maximum Gasteiger partial charge on any atom is 0.410 e. The number of carbonyl (C=O) groups is 5. The number of amides is 4. The number of nitriles is 1. The van der Waals surface area contributed by atoms with Crippen LogP contribution in [-0.4, -0.2) is 80.7 Å². The predicted molar refractivity (Wildman–Crippen MR) is 193 cm³/mol. The molecule has 0 fully saturated rings. The van der Waals surface area contributed by atoms with Crippen LogP contribution in [0, 0.1) is 11.3 Å². The van der Waals surface area contributed by atoms with E-state index in [0.717, 1.165) is 15.7 Å². The maximum atomic E-state index is 14.7. The van der Waals surface area contributed by atoms with Crippen LogP contribution < -0.4 is 19.9 Å². The molecule has 1 N–H and O–H groups in total. The zero-order valence-electron chi connectivity index (χ0n) is 29.8. The van der Waals surface area contributed by atoms with Crippen molar-refractivity contribution in [3.8, 4) is 11.8 Å². The highest BCUT2D eigenvalue weighted by atomic mass is 16.6. The average molecular weight is 706 g/mol. The molecule has 0 saturated heterocycles. The van der Waals surface area contributed by atoms with E-state index in [2.05, 4.69) is 11.4 Å². The summed E-state index contributed by atoms with van der Waals surface area (Å²) >= 11 is 0. The van der Waals surface area contributed by atoms with Crippen LogP contribution in [0.15, 0.2) is 78.9 Å². The Morgan fingerprint density at radius 2 is 1.63 bits per heavy atom. The Balaban J connectivity index is 1.61. The molecule has 1 aliphatic rings. The fraction of sp³-hybridized carbons (Fsp3) is 0.282. The lowest BCUT2D eigenvalue weighted by Crippen LogP contribution is -2.54. The molecule has 0 spiro atoms. The predicted octanol–water partition coefficient (Wildman–Crippen LogP) is 5.05. The van der Waals surface area contributed by atoms with Crippen LogP contribution in [0.3, 0.4) is 0 Å². The topological polar surface area (TPSA) is 159 Å². The molecule has 0 radical (unpaired) electrons. The third kappa shape index (κ3) is 7.97. The number of fused-ring (bicyclic) bond motifs is 2. The Hall–Kier alpha value is -6.42. The minimum Gasteiger partial charge on any atom is -0.496 e. The first kappa shape index (κ1) is 36.9. The number of nitrogens with one attached hydrogen (secondary N) is 1.